The second-order valence-electron chi connectivity index (χ2n) is 4.99. The zero-order valence-electron chi connectivity index (χ0n) is 11.9. The topological polar surface area (TPSA) is 24.9 Å². The fourth-order valence-electron chi connectivity index (χ4n) is 2.67. The van der Waals surface area contributed by atoms with E-state index in [4.69, 9.17) is 0 Å². The Hall–Kier alpha value is -1.71. The fourth-order valence-corrected chi connectivity index (χ4v) is 2.93. The third-order valence-corrected chi connectivity index (χ3v) is 4.17. The molecular weight excluding hydrogens is 324 g/mol. The van der Waals surface area contributed by atoms with Crippen molar-refractivity contribution in [1.82, 2.24) is 10.3 Å². The van der Waals surface area contributed by atoms with Crippen molar-refractivity contribution in [2.45, 2.75) is 13.0 Å². The summed E-state index contributed by atoms with van der Waals surface area (Å²) < 4.78 is 1.10. The van der Waals surface area contributed by atoms with Crippen LogP contribution < -0.4 is 5.32 Å². The van der Waals surface area contributed by atoms with Gasteiger partial charge >= 0.3 is 0 Å². The summed E-state index contributed by atoms with van der Waals surface area (Å²) in [5, 5.41) is 6.02. The molecule has 2 aromatic carbocycles. The molecule has 0 fully saturated rings. The zero-order valence-corrected chi connectivity index (χ0v) is 13.5. The van der Waals surface area contributed by atoms with Gasteiger partial charge in [-0.05, 0) is 41.3 Å². The lowest BCUT2D eigenvalue weighted by molar-refractivity contribution is 0.634. The number of hydrogen-bond acceptors (Lipinski definition) is 2. The van der Waals surface area contributed by atoms with Gasteiger partial charge in [0.25, 0.3) is 0 Å². The molecule has 106 valence electrons. The lowest BCUT2D eigenvalue weighted by Crippen LogP contribution is -2.22. The summed E-state index contributed by atoms with van der Waals surface area (Å²) in [6.07, 6.45) is 3.78. The van der Waals surface area contributed by atoms with Gasteiger partial charge in [-0.3, -0.25) is 4.98 Å². The molecule has 0 radical (unpaired) electrons. The van der Waals surface area contributed by atoms with Gasteiger partial charge in [-0.1, -0.05) is 53.2 Å². The first-order valence-corrected chi connectivity index (χ1v) is 7.90. The van der Waals surface area contributed by atoms with Gasteiger partial charge in [0.15, 0.2) is 0 Å². The minimum absolute atomic E-state index is 0.189. The van der Waals surface area contributed by atoms with Crippen LogP contribution in [0.4, 0.5) is 0 Å². The third kappa shape index (κ3) is 2.99. The molecule has 1 atom stereocenters. The summed E-state index contributed by atoms with van der Waals surface area (Å²) in [4.78, 5) is 4.22. The van der Waals surface area contributed by atoms with Crippen molar-refractivity contribution in [2.24, 2.45) is 0 Å². The average molecular weight is 341 g/mol. The first kappa shape index (κ1) is 14.2. The van der Waals surface area contributed by atoms with Crippen LogP contribution in [0, 0.1) is 0 Å². The highest BCUT2D eigenvalue weighted by molar-refractivity contribution is 9.10. The van der Waals surface area contributed by atoms with Crippen molar-refractivity contribution in [3.05, 3.63) is 76.5 Å². The van der Waals surface area contributed by atoms with Crippen LogP contribution in [0.15, 0.2) is 65.4 Å². The molecule has 0 bridgehead atoms. The largest absolute Gasteiger partial charge is 0.307 e. The number of fused-ring (bicyclic) bond motifs is 1. The second-order valence-corrected chi connectivity index (χ2v) is 5.90. The molecule has 0 spiro atoms. The van der Waals surface area contributed by atoms with Gasteiger partial charge < -0.3 is 5.32 Å². The number of nitrogens with zero attached hydrogens (tertiary/aromatic N) is 1. The number of nitrogens with one attached hydrogen (secondary N) is 1. The van der Waals surface area contributed by atoms with Gasteiger partial charge in [0.2, 0.25) is 0 Å². The zero-order chi connectivity index (χ0) is 14.7. The molecule has 1 aromatic heterocycles. The first-order chi connectivity index (χ1) is 10.3. The smallest absolute Gasteiger partial charge is 0.0582 e. The molecule has 0 saturated carbocycles. The van der Waals surface area contributed by atoms with E-state index in [2.05, 4.69) is 81.7 Å². The molecular formula is C18H17BrN2. The van der Waals surface area contributed by atoms with E-state index in [9.17, 15) is 0 Å². The summed E-state index contributed by atoms with van der Waals surface area (Å²) in [6, 6.07) is 17.2. The lowest BCUT2D eigenvalue weighted by atomic mass is 9.94. The maximum absolute atomic E-state index is 4.22. The molecule has 3 rings (SSSR count). The van der Waals surface area contributed by atoms with Crippen LogP contribution in [-0.2, 0) is 0 Å². The molecule has 2 nitrogen and oxygen atoms in total. The number of rotatable bonds is 4. The molecule has 0 saturated heterocycles. The second kappa shape index (κ2) is 6.37. The third-order valence-electron chi connectivity index (χ3n) is 3.64. The van der Waals surface area contributed by atoms with Gasteiger partial charge in [-0.15, -0.1) is 0 Å². The van der Waals surface area contributed by atoms with Crippen molar-refractivity contribution >= 4 is 26.7 Å². The first-order valence-electron chi connectivity index (χ1n) is 7.11. The maximum atomic E-state index is 4.22. The molecule has 0 aliphatic rings. The SMILES string of the molecule is CCNC(c1ccc(Br)cc1)c1cccc2cnccc12. The molecule has 21 heavy (non-hydrogen) atoms. The standard InChI is InChI=1S/C18H17BrN2/c1-2-21-18(13-6-8-15(19)9-7-13)17-5-3-4-14-12-20-11-10-16(14)17/h3-12,18,21H,2H2,1H3. The Morgan fingerprint density at radius 3 is 2.67 bits per heavy atom. The monoisotopic (exact) mass is 340 g/mol. The van der Waals surface area contributed by atoms with Gasteiger partial charge in [-0.2, -0.15) is 0 Å². The maximum Gasteiger partial charge on any atom is 0.0582 e. The van der Waals surface area contributed by atoms with Gasteiger partial charge in [-0.25, -0.2) is 0 Å². The number of benzene rings is 2. The highest BCUT2D eigenvalue weighted by Gasteiger charge is 2.15. The van der Waals surface area contributed by atoms with E-state index in [-0.39, 0.29) is 6.04 Å². The molecule has 0 aliphatic carbocycles. The van der Waals surface area contributed by atoms with E-state index in [1.807, 2.05) is 12.4 Å². The molecule has 1 N–H and O–H groups in total. The highest BCUT2D eigenvalue weighted by Crippen LogP contribution is 2.29. The minimum Gasteiger partial charge on any atom is -0.307 e. The van der Waals surface area contributed by atoms with E-state index in [1.54, 1.807) is 0 Å². The summed E-state index contributed by atoms with van der Waals surface area (Å²) in [5.74, 6) is 0. The normalized spacial score (nSPS) is 12.5. The van der Waals surface area contributed by atoms with Crippen LogP contribution in [-0.4, -0.2) is 11.5 Å². The van der Waals surface area contributed by atoms with E-state index >= 15 is 0 Å². The Balaban J connectivity index is 2.13. The Morgan fingerprint density at radius 1 is 1.10 bits per heavy atom. The summed E-state index contributed by atoms with van der Waals surface area (Å²) in [6.45, 7) is 3.06. The molecule has 3 aromatic rings. The Bertz CT molecular complexity index is 732. The predicted octanol–water partition coefficient (Wildman–Crippen LogP) is 4.70. The summed E-state index contributed by atoms with van der Waals surface area (Å²) in [5.41, 5.74) is 2.56. The van der Waals surface area contributed by atoms with E-state index in [0.29, 0.717) is 0 Å². The number of hydrogen-bond donors (Lipinski definition) is 1. The predicted molar refractivity (Wildman–Crippen MR) is 91.4 cm³/mol. The van der Waals surface area contributed by atoms with Crippen LogP contribution >= 0.6 is 15.9 Å². The molecule has 0 aliphatic heterocycles. The number of pyridine rings is 1. The molecule has 0 amide bonds. The highest BCUT2D eigenvalue weighted by atomic mass is 79.9. The molecule has 1 heterocycles. The Morgan fingerprint density at radius 2 is 1.90 bits per heavy atom. The van der Waals surface area contributed by atoms with Crippen molar-refractivity contribution < 1.29 is 0 Å². The average Bonchev–Trinajstić information content (AvgIpc) is 2.53. The van der Waals surface area contributed by atoms with Crippen molar-refractivity contribution in [3.8, 4) is 0 Å². The van der Waals surface area contributed by atoms with Crippen molar-refractivity contribution in [3.63, 3.8) is 0 Å². The lowest BCUT2D eigenvalue weighted by Gasteiger charge is -2.21. The van der Waals surface area contributed by atoms with Crippen LogP contribution in [0.3, 0.4) is 0 Å². The van der Waals surface area contributed by atoms with Crippen molar-refractivity contribution in [1.29, 1.82) is 0 Å². The summed E-state index contributed by atoms with van der Waals surface area (Å²) >= 11 is 3.50. The number of halogens is 1. The van der Waals surface area contributed by atoms with Gasteiger partial charge in [0, 0.05) is 22.3 Å². The Kier molecular flexibility index (Phi) is 4.32. The quantitative estimate of drug-likeness (QED) is 0.744. The molecule has 1 unspecified atom stereocenters. The van der Waals surface area contributed by atoms with Crippen LogP contribution in [0.25, 0.3) is 10.8 Å². The van der Waals surface area contributed by atoms with Crippen LogP contribution in [0.1, 0.15) is 24.1 Å². The number of aromatic nitrogens is 1. The van der Waals surface area contributed by atoms with Gasteiger partial charge in [0.1, 0.15) is 0 Å². The minimum atomic E-state index is 0.189. The van der Waals surface area contributed by atoms with Crippen LogP contribution in [0.2, 0.25) is 0 Å². The fraction of sp³-hybridized carbons (Fsp3) is 0.167. The van der Waals surface area contributed by atoms with E-state index in [1.165, 1.54) is 21.9 Å². The van der Waals surface area contributed by atoms with E-state index in [0.717, 1.165) is 11.0 Å². The van der Waals surface area contributed by atoms with Gasteiger partial charge in [0.05, 0.1) is 6.04 Å². The Labute approximate surface area is 133 Å². The van der Waals surface area contributed by atoms with E-state index < -0.39 is 0 Å². The summed E-state index contributed by atoms with van der Waals surface area (Å²) in [7, 11) is 0. The molecule has 3 heteroatoms. The van der Waals surface area contributed by atoms with Crippen LogP contribution in [0.5, 0.6) is 0 Å². The van der Waals surface area contributed by atoms with Crippen molar-refractivity contribution in [2.75, 3.05) is 6.54 Å².